The number of aliphatic carboxylic acids is 1. The Labute approximate surface area is 225 Å². The van der Waals surface area contributed by atoms with Gasteiger partial charge in [-0.2, -0.15) is 0 Å². The number of amides is 1. The maximum atomic E-state index is 13.4. The first-order chi connectivity index (χ1) is 18.3. The van der Waals surface area contributed by atoms with Crippen LogP contribution >= 0.6 is 11.6 Å². The van der Waals surface area contributed by atoms with E-state index < -0.39 is 11.6 Å². The van der Waals surface area contributed by atoms with Crippen molar-refractivity contribution in [1.82, 2.24) is 14.9 Å². The molecule has 7 nitrogen and oxygen atoms in total. The Bertz CT molecular complexity index is 1480. The van der Waals surface area contributed by atoms with E-state index in [0.29, 0.717) is 53.8 Å². The van der Waals surface area contributed by atoms with Crippen LogP contribution in [0.25, 0.3) is 22.3 Å². The van der Waals surface area contributed by atoms with Gasteiger partial charge in [-0.05, 0) is 61.6 Å². The van der Waals surface area contributed by atoms with E-state index in [4.69, 9.17) is 26.7 Å². The lowest BCUT2D eigenvalue weighted by atomic mass is 9.93. The number of β-amino-alcohol motifs (C(OH)–C–C–N with tert-alkyl or cyclic N) is 1. The zero-order chi connectivity index (χ0) is 26.7. The molecule has 0 spiro atoms. The number of carbonyl (C=O) groups is 2. The fourth-order valence-electron chi connectivity index (χ4n) is 4.94. The lowest BCUT2D eigenvalue weighted by molar-refractivity contribution is -0.137. The van der Waals surface area contributed by atoms with Gasteiger partial charge in [0.15, 0.2) is 0 Å². The summed E-state index contributed by atoms with van der Waals surface area (Å²) in [4.78, 5) is 35.7. The number of unbranched alkanes of at least 4 members (excludes halogenated alkanes) is 1. The summed E-state index contributed by atoms with van der Waals surface area (Å²) < 4.78 is 0. The third-order valence-electron chi connectivity index (χ3n) is 7.00. The summed E-state index contributed by atoms with van der Waals surface area (Å²) in [5, 5.41) is 20.8. The van der Waals surface area contributed by atoms with Crippen LogP contribution in [0.1, 0.15) is 47.3 Å². The number of hydrogen-bond acceptors (Lipinski definition) is 5. The quantitative estimate of drug-likeness (QED) is 0.293. The highest BCUT2D eigenvalue weighted by Crippen LogP contribution is 2.33. The number of aliphatic hydroxyl groups is 1. The number of aryl methyl sites for hydroxylation is 1. The molecule has 1 aliphatic heterocycles. The predicted octanol–water partition coefficient (Wildman–Crippen LogP) is 5.48. The second-order valence-corrected chi connectivity index (χ2v) is 10.1. The number of rotatable bonds is 8. The Morgan fingerprint density at radius 1 is 0.947 bits per heavy atom. The molecule has 2 heterocycles. The van der Waals surface area contributed by atoms with Crippen molar-refractivity contribution in [3.05, 3.63) is 94.6 Å². The Morgan fingerprint density at radius 2 is 1.71 bits per heavy atom. The molecule has 0 saturated carbocycles. The number of likely N-dealkylation sites (tertiary alicyclic amines) is 1. The molecule has 1 aliphatic rings. The molecule has 194 valence electrons. The van der Waals surface area contributed by atoms with E-state index in [1.165, 1.54) is 0 Å². The average Bonchev–Trinajstić information content (AvgIpc) is 3.34. The van der Waals surface area contributed by atoms with Crippen molar-refractivity contribution in [3.63, 3.8) is 0 Å². The van der Waals surface area contributed by atoms with Crippen LogP contribution in [0.4, 0.5) is 0 Å². The highest BCUT2D eigenvalue weighted by atomic mass is 35.5. The van der Waals surface area contributed by atoms with E-state index in [1.807, 2.05) is 42.5 Å². The number of carboxylic acids is 1. The van der Waals surface area contributed by atoms with E-state index in [0.717, 1.165) is 22.5 Å². The van der Waals surface area contributed by atoms with E-state index in [-0.39, 0.29) is 18.9 Å². The summed E-state index contributed by atoms with van der Waals surface area (Å²) in [6, 6.07) is 22.1. The second-order valence-electron chi connectivity index (χ2n) is 9.70. The molecule has 1 amide bonds. The smallest absolute Gasteiger partial charge is 0.303 e. The molecule has 1 saturated heterocycles. The standard InChI is InChI=1S/C30H28ClN3O4/c31-23-13-10-20(11-14-23)28-25(8-4-5-9-27(35)36)32-26-18-21(12-15-24(26)33-28)29(37)34-17-16-30(38,19-34)22-6-2-1-3-7-22/h1-3,6-7,10-15,18,38H,4-5,8-9,16-17,19H2,(H,35,36). The number of benzene rings is 3. The fraction of sp³-hybridized carbons (Fsp3) is 0.267. The first kappa shape index (κ1) is 25.8. The highest BCUT2D eigenvalue weighted by molar-refractivity contribution is 6.30. The number of aromatic nitrogens is 2. The molecule has 2 N–H and O–H groups in total. The summed E-state index contributed by atoms with van der Waals surface area (Å²) in [5.74, 6) is -0.984. The van der Waals surface area contributed by atoms with Gasteiger partial charge in [0.05, 0.1) is 29.0 Å². The summed E-state index contributed by atoms with van der Waals surface area (Å²) in [6.07, 6.45) is 2.31. The number of halogens is 1. The molecule has 8 heteroatoms. The Balaban J connectivity index is 1.43. The third kappa shape index (κ3) is 5.54. The van der Waals surface area contributed by atoms with Crippen molar-refractivity contribution in [2.24, 2.45) is 0 Å². The number of nitrogens with zero attached hydrogens (tertiary/aromatic N) is 3. The van der Waals surface area contributed by atoms with Crippen LogP contribution in [0.3, 0.4) is 0 Å². The van der Waals surface area contributed by atoms with Gasteiger partial charge in [-0.3, -0.25) is 9.59 Å². The van der Waals surface area contributed by atoms with Gasteiger partial charge < -0.3 is 15.1 Å². The number of fused-ring (bicyclic) bond motifs is 1. The minimum Gasteiger partial charge on any atom is -0.481 e. The minimum atomic E-state index is -1.07. The van der Waals surface area contributed by atoms with Crippen LogP contribution in [-0.4, -0.2) is 50.0 Å². The van der Waals surface area contributed by atoms with Gasteiger partial charge in [-0.1, -0.05) is 54.1 Å². The molecule has 38 heavy (non-hydrogen) atoms. The molecule has 5 rings (SSSR count). The van der Waals surface area contributed by atoms with Crippen molar-refractivity contribution < 1.29 is 19.8 Å². The number of hydrogen-bond donors (Lipinski definition) is 2. The Kier molecular flexibility index (Phi) is 7.40. The maximum Gasteiger partial charge on any atom is 0.303 e. The van der Waals surface area contributed by atoms with Gasteiger partial charge in [0.1, 0.15) is 5.60 Å². The van der Waals surface area contributed by atoms with Gasteiger partial charge in [0.25, 0.3) is 5.91 Å². The molecule has 1 fully saturated rings. The Hall–Kier alpha value is -3.81. The molecular formula is C30H28ClN3O4. The molecule has 0 radical (unpaired) electrons. The van der Waals surface area contributed by atoms with Gasteiger partial charge >= 0.3 is 5.97 Å². The van der Waals surface area contributed by atoms with Crippen LogP contribution in [0.5, 0.6) is 0 Å². The zero-order valence-electron chi connectivity index (χ0n) is 20.8. The molecule has 0 aliphatic carbocycles. The SMILES string of the molecule is O=C(O)CCCCc1nc2cc(C(=O)N3CCC(O)(c4ccccc4)C3)ccc2nc1-c1ccc(Cl)cc1. The van der Waals surface area contributed by atoms with Crippen molar-refractivity contribution in [2.45, 2.75) is 37.7 Å². The summed E-state index contributed by atoms with van der Waals surface area (Å²) in [5.41, 5.74) is 3.81. The molecular weight excluding hydrogens is 502 g/mol. The van der Waals surface area contributed by atoms with Crippen molar-refractivity contribution in [2.75, 3.05) is 13.1 Å². The van der Waals surface area contributed by atoms with Crippen LogP contribution in [0, 0.1) is 0 Å². The highest BCUT2D eigenvalue weighted by Gasteiger charge is 2.39. The third-order valence-corrected chi connectivity index (χ3v) is 7.25. The lowest BCUT2D eigenvalue weighted by Crippen LogP contribution is -2.34. The fourth-order valence-corrected chi connectivity index (χ4v) is 5.07. The molecule has 1 aromatic heterocycles. The van der Waals surface area contributed by atoms with Gasteiger partial charge in [-0.25, -0.2) is 9.97 Å². The molecule has 4 aromatic rings. The average molecular weight is 530 g/mol. The zero-order valence-corrected chi connectivity index (χ0v) is 21.6. The van der Waals surface area contributed by atoms with E-state index in [2.05, 4.69) is 0 Å². The minimum absolute atomic E-state index is 0.0983. The summed E-state index contributed by atoms with van der Waals surface area (Å²) in [7, 11) is 0. The monoisotopic (exact) mass is 529 g/mol. The molecule has 0 bridgehead atoms. The molecule has 1 atom stereocenters. The molecule has 1 unspecified atom stereocenters. The van der Waals surface area contributed by atoms with Gasteiger partial charge in [0.2, 0.25) is 0 Å². The van der Waals surface area contributed by atoms with Crippen LogP contribution in [-0.2, 0) is 16.8 Å². The number of carboxylic acid groups (broad SMARTS) is 1. The van der Waals surface area contributed by atoms with Crippen LogP contribution in [0.2, 0.25) is 5.02 Å². The van der Waals surface area contributed by atoms with E-state index >= 15 is 0 Å². The largest absolute Gasteiger partial charge is 0.481 e. The number of carbonyl (C=O) groups excluding carboxylic acids is 1. The van der Waals surface area contributed by atoms with Crippen LogP contribution in [0.15, 0.2) is 72.8 Å². The van der Waals surface area contributed by atoms with Crippen molar-refractivity contribution >= 4 is 34.5 Å². The Morgan fingerprint density at radius 3 is 2.45 bits per heavy atom. The maximum absolute atomic E-state index is 13.4. The van der Waals surface area contributed by atoms with Gasteiger partial charge in [-0.15, -0.1) is 0 Å². The molecule has 3 aromatic carbocycles. The van der Waals surface area contributed by atoms with Crippen molar-refractivity contribution in [3.8, 4) is 11.3 Å². The normalized spacial score (nSPS) is 17.2. The first-order valence-corrected chi connectivity index (χ1v) is 13.1. The lowest BCUT2D eigenvalue weighted by Gasteiger charge is -2.24. The summed E-state index contributed by atoms with van der Waals surface area (Å²) >= 11 is 6.08. The predicted molar refractivity (Wildman–Crippen MR) is 146 cm³/mol. The van der Waals surface area contributed by atoms with Crippen molar-refractivity contribution in [1.29, 1.82) is 0 Å². The van der Waals surface area contributed by atoms with E-state index in [9.17, 15) is 14.7 Å². The topological polar surface area (TPSA) is 104 Å². The van der Waals surface area contributed by atoms with Crippen LogP contribution < -0.4 is 0 Å². The second kappa shape index (κ2) is 10.9. The van der Waals surface area contributed by atoms with E-state index in [1.54, 1.807) is 35.2 Å². The summed E-state index contributed by atoms with van der Waals surface area (Å²) in [6.45, 7) is 0.683. The van der Waals surface area contributed by atoms with Gasteiger partial charge in [0, 0.05) is 29.1 Å². The first-order valence-electron chi connectivity index (χ1n) is 12.7.